The van der Waals surface area contributed by atoms with Gasteiger partial charge >= 0.3 is 0 Å². The standard InChI is InChI=1S/C15H32N2/c1-13(2)12-16-10-5-11-17(4)15-8-6-14(3)7-9-15/h13-16H,5-12H2,1-4H3. The lowest BCUT2D eigenvalue weighted by Crippen LogP contribution is -2.36. The Hall–Kier alpha value is -0.0800. The van der Waals surface area contributed by atoms with Crippen LogP contribution in [-0.4, -0.2) is 37.6 Å². The van der Waals surface area contributed by atoms with Crippen molar-refractivity contribution in [3.05, 3.63) is 0 Å². The van der Waals surface area contributed by atoms with Crippen molar-refractivity contribution in [1.82, 2.24) is 10.2 Å². The summed E-state index contributed by atoms with van der Waals surface area (Å²) in [5.74, 6) is 1.74. The molecular formula is C15H32N2. The molecule has 0 heterocycles. The van der Waals surface area contributed by atoms with Gasteiger partial charge in [0.25, 0.3) is 0 Å². The minimum Gasteiger partial charge on any atom is -0.316 e. The second kappa shape index (κ2) is 8.10. The molecule has 1 saturated carbocycles. The zero-order chi connectivity index (χ0) is 12.7. The lowest BCUT2D eigenvalue weighted by molar-refractivity contribution is 0.168. The van der Waals surface area contributed by atoms with Crippen LogP contribution < -0.4 is 5.32 Å². The third-order valence-electron chi connectivity index (χ3n) is 4.03. The third-order valence-corrected chi connectivity index (χ3v) is 4.03. The second-order valence-corrected chi connectivity index (χ2v) is 6.35. The first-order valence-electron chi connectivity index (χ1n) is 7.50. The fourth-order valence-electron chi connectivity index (χ4n) is 2.71. The van der Waals surface area contributed by atoms with Crippen LogP contribution in [0, 0.1) is 11.8 Å². The molecule has 102 valence electrons. The molecule has 0 aromatic rings. The molecule has 1 aliphatic rings. The molecule has 0 amide bonds. The van der Waals surface area contributed by atoms with Gasteiger partial charge in [-0.2, -0.15) is 0 Å². The molecule has 0 unspecified atom stereocenters. The zero-order valence-corrected chi connectivity index (χ0v) is 12.3. The van der Waals surface area contributed by atoms with Gasteiger partial charge in [0.2, 0.25) is 0 Å². The first kappa shape index (κ1) is 15.0. The molecule has 0 atom stereocenters. The predicted octanol–water partition coefficient (Wildman–Crippen LogP) is 3.13. The van der Waals surface area contributed by atoms with Gasteiger partial charge in [0.1, 0.15) is 0 Å². The van der Waals surface area contributed by atoms with Crippen LogP contribution in [0.15, 0.2) is 0 Å². The van der Waals surface area contributed by atoms with Gasteiger partial charge in [-0.15, -0.1) is 0 Å². The van der Waals surface area contributed by atoms with Crippen molar-refractivity contribution in [2.45, 2.75) is 58.9 Å². The van der Waals surface area contributed by atoms with Gasteiger partial charge in [0.15, 0.2) is 0 Å². The summed E-state index contributed by atoms with van der Waals surface area (Å²) in [5.41, 5.74) is 0. The summed E-state index contributed by atoms with van der Waals surface area (Å²) in [6.07, 6.45) is 6.98. The zero-order valence-electron chi connectivity index (χ0n) is 12.3. The van der Waals surface area contributed by atoms with E-state index in [0.717, 1.165) is 24.4 Å². The molecule has 0 aliphatic heterocycles. The van der Waals surface area contributed by atoms with E-state index in [0.29, 0.717) is 0 Å². The summed E-state index contributed by atoms with van der Waals surface area (Å²) in [6.45, 7) is 10.5. The Morgan fingerprint density at radius 1 is 1.18 bits per heavy atom. The monoisotopic (exact) mass is 240 g/mol. The Kier molecular flexibility index (Phi) is 7.14. The normalized spacial score (nSPS) is 25.8. The highest BCUT2D eigenvalue weighted by Crippen LogP contribution is 2.26. The van der Waals surface area contributed by atoms with Gasteiger partial charge in [-0.25, -0.2) is 0 Å². The van der Waals surface area contributed by atoms with Gasteiger partial charge < -0.3 is 10.2 Å². The first-order chi connectivity index (χ1) is 8.09. The van der Waals surface area contributed by atoms with Gasteiger partial charge in [-0.1, -0.05) is 20.8 Å². The van der Waals surface area contributed by atoms with Crippen LogP contribution in [0.1, 0.15) is 52.9 Å². The lowest BCUT2D eigenvalue weighted by Gasteiger charge is -2.33. The van der Waals surface area contributed by atoms with Crippen LogP contribution in [0.3, 0.4) is 0 Å². The summed E-state index contributed by atoms with van der Waals surface area (Å²) in [6, 6.07) is 0.858. The summed E-state index contributed by atoms with van der Waals surface area (Å²) >= 11 is 0. The number of rotatable bonds is 7. The molecule has 1 fully saturated rings. The number of hydrogen-bond acceptors (Lipinski definition) is 2. The first-order valence-corrected chi connectivity index (χ1v) is 7.50. The predicted molar refractivity (Wildman–Crippen MR) is 76.4 cm³/mol. The molecule has 0 spiro atoms. The number of nitrogens with zero attached hydrogens (tertiary/aromatic N) is 1. The summed E-state index contributed by atoms with van der Waals surface area (Å²) in [4.78, 5) is 2.59. The van der Waals surface area contributed by atoms with E-state index in [1.165, 1.54) is 45.2 Å². The maximum Gasteiger partial charge on any atom is 0.00924 e. The van der Waals surface area contributed by atoms with Crippen LogP contribution in [0.25, 0.3) is 0 Å². The van der Waals surface area contributed by atoms with E-state index in [1.54, 1.807) is 0 Å². The van der Waals surface area contributed by atoms with Gasteiger partial charge in [0.05, 0.1) is 0 Å². The largest absolute Gasteiger partial charge is 0.316 e. The number of nitrogens with one attached hydrogen (secondary N) is 1. The number of hydrogen-bond donors (Lipinski definition) is 1. The molecule has 0 aromatic carbocycles. The Labute approximate surface area is 108 Å². The van der Waals surface area contributed by atoms with Crippen LogP contribution >= 0.6 is 0 Å². The molecular weight excluding hydrogens is 208 g/mol. The Morgan fingerprint density at radius 2 is 1.82 bits per heavy atom. The maximum atomic E-state index is 3.52. The van der Waals surface area contributed by atoms with Crippen LogP contribution in [-0.2, 0) is 0 Å². The third kappa shape index (κ3) is 6.42. The molecule has 0 saturated heterocycles. The summed E-state index contributed by atoms with van der Waals surface area (Å²) in [7, 11) is 2.31. The van der Waals surface area contributed by atoms with Crippen LogP contribution in [0.5, 0.6) is 0 Å². The second-order valence-electron chi connectivity index (χ2n) is 6.35. The molecule has 17 heavy (non-hydrogen) atoms. The van der Waals surface area contributed by atoms with Crippen molar-refractivity contribution in [2.75, 3.05) is 26.7 Å². The van der Waals surface area contributed by atoms with E-state index in [-0.39, 0.29) is 0 Å². The Balaban J connectivity index is 2.02. The molecule has 1 aliphatic carbocycles. The average molecular weight is 240 g/mol. The molecule has 1 rings (SSSR count). The van der Waals surface area contributed by atoms with Crippen molar-refractivity contribution in [3.63, 3.8) is 0 Å². The van der Waals surface area contributed by atoms with E-state index in [9.17, 15) is 0 Å². The molecule has 2 nitrogen and oxygen atoms in total. The molecule has 1 N–H and O–H groups in total. The van der Waals surface area contributed by atoms with Crippen molar-refractivity contribution in [1.29, 1.82) is 0 Å². The topological polar surface area (TPSA) is 15.3 Å². The fraction of sp³-hybridized carbons (Fsp3) is 1.00. The molecule has 0 aromatic heterocycles. The summed E-state index contributed by atoms with van der Waals surface area (Å²) < 4.78 is 0. The van der Waals surface area contributed by atoms with Gasteiger partial charge in [-0.05, 0) is 70.6 Å². The maximum absolute atomic E-state index is 3.52. The van der Waals surface area contributed by atoms with Crippen molar-refractivity contribution < 1.29 is 0 Å². The van der Waals surface area contributed by atoms with E-state index in [1.807, 2.05) is 0 Å². The van der Waals surface area contributed by atoms with Crippen LogP contribution in [0.4, 0.5) is 0 Å². The SMILES string of the molecule is CC(C)CNCCCN(C)C1CCC(C)CC1. The van der Waals surface area contributed by atoms with E-state index >= 15 is 0 Å². The van der Waals surface area contributed by atoms with Crippen molar-refractivity contribution in [2.24, 2.45) is 11.8 Å². The molecule has 2 heteroatoms. The summed E-state index contributed by atoms with van der Waals surface area (Å²) in [5, 5.41) is 3.52. The van der Waals surface area contributed by atoms with E-state index < -0.39 is 0 Å². The lowest BCUT2D eigenvalue weighted by atomic mass is 9.87. The average Bonchev–Trinajstić information content (AvgIpc) is 2.29. The molecule has 0 radical (unpaired) electrons. The smallest absolute Gasteiger partial charge is 0.00924 e. The minimum absolute atomic E-state index is 0.771. The highest BCUT2D eigenvalue weighted by atomic mass is 15.1. The van der Waals surface area contributed by atoms with Gasteiger partial charge in [0, 0.05) is 6.04 Å². The van der Waals surface area contributed by atoms with Crippen molar-refractivity contribution in [3.8, 4) is 0 Å². The molecule has 0 bridgehead atoms. The highest BCUT2D eigenvalue weighted by molar-refractivity contribution is 4.76. The Morgan fingerprint density at radius 3 is 2.41 bits per heavy atom. The minimum atomic E-state index is 0.771. The van der Waals surface area contributed by atoms with Crippen LogP contribution in [0.2, 0.25) is 0 Å². The van der Waals surface area contributed by atoms with Gasteiger partial charge in [-0.3, -0.25) is 0 Å². The highest BCUT2D eigenvalue weighted by Gasteiger charge is 2.20. The fourth-order valence-corrected chi connectivity index (χ4v) is 2.71. The quantitative estimate of drug-likeness (QED) is 0.688. The van der Waals surface area contributed by atoms with E-state index in [2.05, 4.69) is 38.0 Å². The Bertz CT molecular complexity index is 183. The van der Waals surface area contributed by atoms with E-state index in [4.69, 9.17) is 0 Å². The van der Waals surface area contributed by atoms with Crippen molar-refractivity contribution >= 4 is 0 Å².